The lowest BCUT2D eigenvalue weighted by molar-refractivity contribution is -0.119. The number of aliphatic imine (C=N–C) groups is 1. The highest BCUT2D eigenvalue weighted by atomic mass is 127. The van der Waals surface area contributed by atoms with E-state index in [9.17, 15) is 13.6 Å². The van der Waals surface area contributed by atoms with Gasteiger partial charge in [-0.25, -0.2) is 13.8 Å². The van der Waals surface area contributed by atoms with Crippen molar-refractivity contribution >= 4 is 47.2 Å². The van der Waals surface area contributed by atoms with Crippen molar-refractivity contribution in [3.8, 4) is 0 Å². The summed E-state index contributed by atoms with van der Waals surface area (Å²) in [5, 5.41) is 5.49. The van der Waals surface area contributed by atoms with Gasteiger partial charge in [0.2, 0.25) is 5.91 Å². The minimum absolute atomic E-state index is 0. The van der Waals surface area contributed by atoms with Crippen LogP contribution in [-0.2, 0) is 11.3 Å². The molecule has 1 saturated carbocycles. The molecule has 2 aromatic carbocycles. The van der Waals surface area contributed by atoms with E-state index < -0.39 is 11.6 Å². The van der Waals surface area contributed by atoms with Crippen molar-refractivity contribution in [1.29, 1.82) is 0 Å². The predicted molar refractivity (Wildman–Crippen MR) is 118 cm³/mol. The van der Waals surface area contributed by atoms with Crippen LogP contribution in [0.4, 0.5) is 20.2 Å². The fraction of sp³-hybridized carbons (Fsp3) is 0.300. The first-order chi connectivity index (χ1) is 13.0. The van der Waals surface area contributed by atoms with Crippen LogP contribution in [0.1, 0.15) is 31.2 Å². The minimum Gasteiger partial charge on any atom is -0.370 e. The normalized spacial score (nSPS) is 14.4. The number of rotatable bonds is 5. The van der Waals surface area contributed by atoms with E-state index in [-0.39, 0.29) is 54.0 Å². The second-order valence-electron chi connectivity index (χ2n) is 6.62. The summed E-state index contributed by atoms with van der Waals surface area (Å²) >= 11 is 0. The Balaban J connectivity index is 0.00000280. The van der Waals surface area contributed by atoms with Crippen LogP contribution in [0.5, 0.6) is 0 Å². The number of hydrogen-bond acceptors (Lipinski definition) is 2. The summed E-state index contributed by atoms with van der Waals surface area (Å²) in [6.45, 7) is 0.239. The van der Waals surface area contributed by atoms with Crippen LogP contribution in [0.25, 0.3) is 0 Å². The molecule has 2 aromatic rings. The summed E-state index contributed by atoms with van der Waals surface area (Å²) in [5.41, 5.74) is 7.23. The fourth-order valence-corrected chi connectivity index (χ4v) is 3.13. The topological polar surface area (TPSA) is 79.5 Å². The van der Waals surface area contributed by atoms with Crippen molar-refractivity contribution in [2.24, 2.45) is 16.6 Å². The quantitative estimate of drug-likeness (QED) is 0.318. The Morgan fingerprint density at radius 2 is 1.86 bits per heavy atom. The Morgan fingerprint density at radius 1 is 1.11 bits per heavy atom. The summed E-state index contributed by atoms with van der Waals surface area (Å²) < 4.78 is 26.8. The lowest BCUT2D eigenvalue weighted by Crippen LogP contribution is -2.23. The number of amides is 1. The van der Waals surface area contributed by atoms with Gasteiger partial charge in [0.05, 0.1) is 12.2 Å². The molecular weight excluding hydrogens is 477 g/mol. The van der Waals surface area contributed by atoms with Gasteiger partial charge in [-0.05, 0) is 42.7 Å². The van der Waals surface area contributed by atoms with Crippen LogP contribution >= 0.6 is 24.0 Å². The highest BCUT2D eigenvalue weighted by Gasteiger charge is 2.22. The van der Waals surface area contributed by atoms with E-state index in [0.29, 0.717) is 5.69 Å². The molecule has 1 amide bonds. The second-order valence-corrected chi connectivity index (χ2v) is 6.62. The predicted octanol–water partition coefficient (Wildman–Crippen LogP) is 4.64. The van der Waals surface area contributed by atoms with Gasteiger partial charge in [0.1, 0.15) is 11.6 Å². The Bertz CT molecular complexity index is 854. The third kappa shape index (κ3) is 6.15. The van der Waals surface area contributed by atoms with Gasteiger partial charge in [0.25, 0.3) is 0 Å². The zero-order chi connectivity index (χ0) is 19.2. The van der Waals surface area contributed by atoms with E-state index in [1.807, 2.05) is 24.3 Å². The molecule has 28 heavy (non-hydrogen) atoms. The van der Waals surface area contributed by atoms with Crippen LogP contribution in [0.2, 0.25) is 0 Å². The van der Waals surface area contributed by atoms with Crippen LogP contribution in [-0.4, -0.2) is 11.9 Å². The van der Waals surface area contributed by atoms with E-state index in [1.54, 1.807) is 0 Å². The average Bonchev–Trinajstić information content (AvgIpc) is 3.18. The monoisotopic (exact) mass is 500 g/mol. The SMILES string of the molecule is I.NC(=NCc1cccc(NC(=O)C2CCCC2)c1)Nc1cc(F)ccc1F. The van der Waals surface area contributed by atoms with Crippen molar-refractivity contribution < 1.29 is 13.6 Å². The molecule has 0 spiro atoms. The number of halogens is 3. The molecule has 0 bridgehead atoms. The van der Waals surface area contributed by atoms with Crippen LogP contribution in [0, 0.1) is 17.6 Å². The molecule has 0 radical (unpaired) electrons. The van der Waals surface area contributed by atoms with E-state index >= 15 is 0 Å². The van der Waals surface area contributed by atoms with E-state index in [4.69, 9.17) is 5.73 Å². The molecule has 3 rings (SSSR count). The molecule has 1 aliphatic carbocycles. The highest BCUT2D eigenvalue weighted by Crippen LogP contribution is 2.26. The van der Waals surface area contributed by atoms with Gasteiger partial charge in [-0.2, -0.15) is 0 Å². The lowest BCUT2D eigenvalue weighted by Gasteiger charge is -2.11. The first kappa shape index (κ1) is 22.1. The van der Waals surface area contributed by atoms with Crippen molar-refractivity contribution in [2.45, 2.75) is 32.2 Å². The van der Waals surface area contributed by atoms with Gasteiger partial charge in [-0.15, -0.1) is 24.0 Å². The van der Waals surface area contributed by atoms with Gasteiger partial charge >= 0.3 is 0 Å². The maximum Gasteiger partial charge on any atom is 0.227 e. The summed E-state index contributed by atoms with van der Waals surface area (Å²) in [6.07, 6.45) is 4.08. The summed E-state index contributed by atoms with van der Waals surface area (Å²) in [7, 11) is 0. The fourth-order valence-electron chi connectivity index (χ4n) is 3.13. The number of anilines is 2. The Kier molecular flexibility index (Phi) is 8.16. The molecular formula is C20H23F2IN4O. The molecule has 8 heteroatoms. The van der Waals surface area contributed by atoms with Crippen molar-refractivity contribution in [1.82, 2.24) is 0 Å². The smallest absolute Gasteiger partial charge is 0.227 e. The molecule has 0 aromatic heterocycles. The van der Waals surface area contributed by atoms with Crippen molar-refractivity contribution in [3.05, 3.63) is 59.7 Å². The van der Waals surface area contributed by atoms with Gasteiger partial charge in [0, 0.05) is 17.7 Å². The first-order valence-electron chi connectivity index (χ1n) is 8.93. The molecule has 0 saturated heterocycles. The molecule has 1 fully saturated rings. The molecule has 1 aliphatic rings. The maximum absolute atomic E-state index is 13.6. The number of carbonyl (C=O) groups is 1. The Labute approximate surface area is 179 Å². The average molecular weight is 500 g/mol. The zero-order valence-corrected chi connectivity index (χ0v) is 17.6. The van der Waals surface area contributed by atoms with E-state index in [2.05, 4.69) is 15.6 Å². The van der Waals surface area contributed by atoms with Crippen LogP contribution in [0.15, 0.2) is 47.5 Å². The molecule has 5 nitrogen and oxygen atoms in total. The highest BCUT2D eigenvalue weighted by molar-refractivity contribution is 14.0. The summed E-state index contributed by atoms with van der Waals surface area (Å²) in [6, 6.07) is 10.4. The number of benzene rings is 2. The zero-order valence-electron chi connectivity index (χ0n) is 15.3. The molecule has 0 heterocycles. The second kappa shape index (κ2) is 10.4. The molecule has 150 valence electrons. The molecule has 0 aliphatic heterocycles. The molecule has 0 atom stereocenters. The number of nitrogens with zero attached hydrogens (tertiary/aromatic N) is 1. The van der Waals surface area contributed by atoms with Gasteiger partial charge in [0.15, 0.2) is 5.96 Å². The largest absolute Gasteiger partial charge is 0.370 e. The number of carbonyl (C=O) groups excluding carboxylic acids is 1. The van der Waals surface area contributed by atoms with Gasteiger partial charge in [-0.1, -0.05) is 25.0 Å². The minimum atomic E-state index is -0.619. The number of guanidine groups is 1. The number of nitrogens with two attached hydrogens (primary N) is 1. The van der Waals surface area contributed by atoms with Crippen LogP contribution < -0.4 is 16.4 Å². The molecule has 0 unspecified atom stereocenters. The standard InChI is InChI=1S/C20H22F2N4O.HI/c21-15-8-9-17(22)18(11-15)26-20(23)24-12-13-4-3-7-16(10-13)25-19(27)14-5-1-2-6-14;/h3-4,7-11,14H,1-2,5-6,12H2,(H,25,27)(H3,23,24,26);1H. The van der Waals surface area contributed by atoms with Gasteiger partial charge < -0.3 is 16.4 Å². The summed E-state index contributed by atoms with van der Waals surface area (Å²) in [5.74, 6) is -1.08. The van der Waals surface area contributed by atoms with E-state index in [1.165, 1.54) is 0 Å². The van der Waals surface area contributed by atoms with E-state index in [0.717, 1.165) is 49.4 Å². The van der Waals surface area contributed by atoms with Crippen molar-refractivity contribution in [2.75, 3.05) is 10.6 Å². The van der Waals surface area contributed by atoms with Gasteiger partial charge in [-0.3, -0.25) is 4.79 Å². The third-order valence-corrected chi connectivity index (χ3v) is 4.54. The number of nitrogens with one attached hydrogen (secondary N) is 2. The Morgan fingerprint density at radius 3 is 2.61 bits per heavy atom. The Hall–Kier alpha value is -2.23. The molecule has 4 N–H and O–H groups in total. The third-order valence-electron chi connectivity index (χ3n) is 4.54. The summed E-state index contributed by atoms with van der Waals surface area (Å²) in [4.78, 5) is 16.4. The number of hydrogen-bond donors (Lipinski definition) is 3. The lowest BCUT2D eigenvalue weighted by atomic mass is 10.1. The van der Waals surface area contributed by atoms with Crippen molar-refractivity contribution in [3.63, 3.8) is 0 Å². The first-order valence-corrected chi connectivity index (χ1v) is 8.93. The van der Waals surface area contributed by atoms with Crippen LogP contribution in [0.3, 0.4) is 0 Å². The maximum atomic E-state index is 13.6.